The number of benzene rings is 2. The zero-order chi connectivity index (χ0) is 15.1. The van der Waals surface area contributed by atoms with Crippen LogP contribution in [0, 0.1) is 5.82 Å². The molecule has 22 heavy (non-hydrogen) atoms. The van der Waals surface area contributed by atoms with E-state index in [0.717, 1.165) is 47.6 Å². The third-order valence-corrected chi connectivity index (χ3v) is 4.26. The summed E-state index contributed by atoms with van der Waals surface area (Å²) >= 11 is 0. The van der Waals surface area contributed by atoms with Crippen LogP contribution in [0.3, 0.4) is 0 Å². The van der Waals surface area contributed by atoms with Crippen LogP contribution in [0.25, 0.3) is 11.0 Å². The summed E-state index contributed by atoms with van der Waals surface area (Å²) in [6.45, 7) is 2.97. The van der Waals surface area contributed by atoms with Crippen molar-refractivity contribution in [2.24, 2.45) is 0 Å². The molecule has 1 atom stereocenters. The lowest BCUT2D eigenvalue weighted by molar-refractivity contribution is 0.163. The van der Waals surface area contributed by atoms with Crippen molar-refractivity contribution in [3.8, 4) is 5.75 Å². The molecular formula is C18H17FN2O. The van der Waals surface area contributed by atoms with Gasteiger partial charge in [-0.25, -0.2) is 9.37 Å². The maximum Gasteiger partial charge on any atom is 0.157 e. The number of fused-ring (bicyclic) bond motifs is 2. The van der Waals surface area contributed by atoms with Crippen molar-refractivity contribution in [1.82, 2.24) is 9.55 Å². The fourth-order valence-electron chi connectivity index (χ4n) is 3.21. The second-order valence-electron chi connectivity index (χ2n) is 5.60. The Morgan fingerprint density at radius 3 is 3.00 bits per heavy atom. The average molecular weight is 296 g/mol. The summed E-state index contributed by atoms with van der Waals surface area (Å²) in [7, 11) is 0. The maximum atomic E-state index is 13.3. The van der Waals surface area contributed by atoms with E-state index in [1.165, 1.54) is 6.07 Å². The minimum absolute atomic E-state index is 0.0784. The molecule has 0 saturated carbocycles. The Labute approximate surface area is 128 Å². The van der Waals surface area contributed by atoms with Crippen molar-refractivity contribution in [2.45, 2.75) is 32.4 Å². The van der Waals surface area contributed by atoms with Crippen LogP contribution in [-0.2, 0) is 13.0 Å². The molecule has 0 spiro atoms. The largest absolute Gasteiger partial charge is 0.482 e. The van der Waals surface area contributed by atoms with E-state index in [1.54, 1.807) is 12.1 Å². The second kappa shape index (κ2) is 5.13. The van der Waals surface area contributed by atoms with Crippen LogP contribution < -0.4 is 4.74 Å². The standard InChI is InChI=1S/C18H17FN2O/c1-2-21-15-6-4-3-5-14(15)20-18(21)17-9-7-12-11-13(19)8-10-16(12)22-17/h3-6,8,10-11,17H,2,7,9H2,1H3. The topological polar surface area (TPSA) is 27.1 Å². The van der Waals surface area contributed by atoms with Gasteiger partial charge in [-0.3, -0.25) is 0 Å². The number of rotatable bonds is 2. The lowest BCUT2D eigenvalue weighted by Crippen LogP contribution is -2.19. The van der Waals surface area contributed by atoms with E-state index in [1.807, 2.05) is 18.2 Å². The molecule has 1 aliphatic rings. The number of aromatic nitrogens is 2. The van der Waals surface area contributed by atoms with E-state index in [-0.39, 0.29) is 11.9 Å². The predicted octanol–water partition coefficient (Wildman–Crippen LogP) is 4.26. The third kappa shape index (κ3) is 2.06. The van der Waals surface area contributed by atoms with Crippen molar-refractivity contribution in [1.29, 1.82) is 0 Å². The first kappa shape index (κ1) is 13.3. The van der Waals surface area contributed by atoms with Crippen molar-refractivity contribution < 1.29 is 9.13 Å². The van der Waals surface area contributed by atoms with Gasteiger partial charge < -0.3 is 9.30 Å². The number of ether oxygens (including phenoxy) is 1. The van der Waals surface area contributed by atoms with E-state index in [4.69, 9.17) is 9.72 Å². The molecule has 112 valence electrons. The van der Waals surface area contributed by atoms with Crippen molar-refractivity contribution >= 4 is 11.0 Å². The molecule has 3 aromatic rings. The van der Waals surface area contributed by atoms with E-state index in [2.05, 4.69) is 17.6 Å². The molecular weight excluding hydrogens is 279 g/mol. The summed E-state index contributed by atoms with van der Waals surface area (Å²) in [5.74, 6) is 1.52. The van der Waals surface area contributed by atoms with Crippen LogP contribution in [0.4, 0.5) is 4.39 Å². The first-order chi connectivity index (χ1) is 10.8. The molecule has 2 aromatic carbocycles. The highest BCUT2D eigenvalue weighted by atomic mass is 19.1. The van der Waals surface area contributed by atoms with Crippen LogP contribution in [0.1, 0.15) is 30.8 Å². The molecule has 0 saturated heterocycles. The average Bonchev–Trinajstić information content (AvgIpc) is 2.93. The molecule has 4 heteroatoms. The minimum Gasteiger partial charge on any atom is -0.482 e. The molecule has 2 heterocycles. The lowest BCUT2D eigenvalue weighted by atomic mass is 10.0. The van der Waals surface area contributed by atoms with E-state index in [0.29, 0.717) is 0 Å². The normalized spacial score (nSPS) is 17.3. The number of hydrogen-bond donors (Lipinski definition) is 0. The molecule has 0 bridgehead atoms. The van der Waals surface area contributed by atoms with Crippen molar-refractivity contribution in [3.63, 3.8) is 0 Å². The van der Waals surface area contributed by atoms with Crippen LogP contribution in [0.15, 0.2) is 42.5 Å². The molecule has 3 nitrogen and oxygen atoms in total. The summed E-state index contributed by atoms with van der Waals surface area (Å²) in [5.41, 5.74) is 3.07. The van der Waals surface area contributed by atoms with Crippen LogP contribution in [-0.4, -0.2) is 9.55 Å². The zero-order valence-electron chi connectivity index (χ0n) is 12.4. The maximum absolute atomic E-state index is 13.3. The molecule has 0 aliphatic carbocycles. The Balaban J connectivity index is 1.75. The number of imidazole rings is 1. The lowest BCUT2D eigenvalue weighted by Gasteiger charge is -2.26. The summed E-state index contributed by atoms with van der Waals surface area (Å²) < 4.78 is 21.6. The van der Waals surface area contributed by atoms with Gasteiger partial charge in [-0.1, -0.05) is 12.1 Å². The molecule has 0 fully saturated rings. The molecule has 1 aromatic heterocycles. The fourth-order valence-corrected chi connectivity index (χ4v) is 3.21. The number of para-hydroxylation sites is 2. The predicted molar refractivity (Wildman–Crippen MR) is 83.5 cm³/mol. The summed E-state index contributed by atoms with van der Waals surface area (Å²) in [6.07, 6.45) is 1.55. The SMILES string of the molecule is CCn1c(C2CCc3cc(F)ccc3O2)nc2ccccc21. The third-order valence-electron chi connectivity index (χ3n) is 4.26. The molecule has 1 aliphatic heterocycles. The highest BCUT2D eigenvalue weighted by molar-refractivity contribution is 5.76. The summed E-state index contributed by atoms with van der Waals surface area (Å²) in [4.78, 5) is 4.76. The van der Waals surface area contributed by atoms with Gasteiger partial charge in [0.2, 0.25) is 0 Å². The van der Waals surface area contributed by atoms with Gasteiger partial charge in [0.05, 0.1) is 11.0 Å². The molecule has 0 N–H and O–H groups in total. The van der Waals surface area contributed by atoms with Crippen LogP contribution >= 0.6 is 0 Å². The number of aryl methyl sites for hydroxylation is 2. The first-order valence-electron chi connectivity index (χ1n) is 7.66. The minimum atomic E-state index is -0.207. The van der Waals surface area contributed by atoms with E-state index in [9.17, 15) is 4.39 Å². The van der Waals surface area contributed by atoms with Gasteiger partial charge in [-0.05, 0) is 55.7 Å². The first-order valence-corrected chi connectivity index (χ1v) is 7.66. The van der Waals surface area contributed by atoms with Gasteiger partial charge in [-0.15, -0.1) is 0 Å². The van der Waals surface area contributed by atoms with E-state index >= 15 is 0 Å². The monoisotopic (exact) mass is 296 g/mol. The van der Waals surface area contributed by atoms with Gasteiger partial charge in [0.25, 0.3) is 0 Å². The quantitative estimate of drug-likeness (QED) is 0.706. The molecule has 1 unspecified atom stereocenters. The Hall–Kier alpha value is -2.36. The number of nitrogens with zero attached hydrogens (tertiary/aromatic N) is 2. The fraction of sp³-hybridized carbons (Fsp3) is 0.278. The van der Waals surface area contributed by atoms with Crippen molar-refractivity contribution in [3.05, 3.63) is 59.7 Å². The van der Waals surface area contributed by atoms with Gasteiger partial charge in [0, 0.05) is 6.54 Å². The second-order valence-corrected chi connectivity index (χ2v) is 5.60. The number of halogens is 1. The van der Waals surface area contributed by atoms with Crippen LogP contribution in [0.2, 0.25) is 0 Å². The Morgan fingerprint density at radius 1 is 1.27 bits per heavy atom. The Bertz CT molecular complexity index is 840. The van der Waals surface area contributed by atoms with Gasteiger partial charge in [-0.2, -0.15) is 0 Å². The highest BCUT2D eigenvalue weighted by Crippen LogP contribution is 2.35. The van der Waals surface area contributed by atoms with Gasteiger partial charge in [0.15, 0.2) is 11.9 Å². The Kier molecular flexibility index (Phi) is 3.10. The molecule has 0 radical (unpaired) electrons. The van der Waals surface area contributed by atoms with Gasteiger partial charge in [0.1, 0.15) is 11.6 Å². The van der Waals surface area contributed by atoms with Crippen molar-refractivity contribution in [2.75, 3.05) is 0 Å². The van der Waals surface area contributed by atoms with Crippen LogP contribution in [0.5, 0.6) is 5.75 Å². The highest BCUT2D eigenvalue weighted by Gasteiger charge is 2.26. The molecule has 4 rings (SSSR count). The summed E-state index contributed by atoms with van der Waals surface area (Å²) in [5, 5.41) is 0. The Morgan fingerprint density at radius 2 is 2.14 bits per heavy atom. The number of hydrogen-bond acceptors (Lipinski definition) is 2. The zero-order valence-corrected chi connectivity index (χ0v) is 12.4. The summed E-state index contributed by atoms with van der Waals surface area (Å²) in [6, 6.07) is 12.9. The smallest absolute Gasteiger partial charge is 0.157 e. The van der Waals surface area contributed by atoms with Gasteiger partial charge >= 0.3 is 0 Å². The molecule has 0 amide bonds. The van der Waals surface area contributed by atoms with E-state index < -0.39 is 0 Å².